The van der Waals surface area contributed by atoms with Gasteiger partial charge in [-0.15, -0.1) is 22.7 Å². The smallest absolute Gasteiger partial charge is 0.267 e. The van der Waals surface area contributed by atoms with Crippen LogP contribution in [-0.2, 0) is 11.2 Å². The number of hydrogen-bond donors (Lipinski definition) is 2. The van der Waals surface area contributed by atoms with E-state index in [1.807, 2.05) is 48.9 Å². The topological polar surface area (TPSA) is 71.1 Å². The summed E-state index contributed by atoms with van der Waals surface area (Å²) in [5.74, 6) is -0.204. The lowest BCUT2D eigenvalue weighted by atomic mass is 10.1. The van der Waals surface area contributed by atoms with Gasteiger partial charge in [0.25, 0.3) is 5.91 Å². The number of nitrogens with zero attached hydrogens (tertiary/aromatic N) is 1. The Hall–Kier alpha value is -2.51. The zero-order valence-electron chi connectivity index (χ0n) is 14.5. The molecule has 0 bridgehead atoms. The summed E-state index contributed by atoms with van der Waals surface area (Å²) in [6.45, 7) is 3.97. The molecule has 3 aromatic rings. The first kappa shape index (κ1) is 18.3. The molecule has 5 nitrogen and oxygen atoms in total. The van der Waals surface area contributed by atoms with E-state index in [4.69, 9.17) is 0 Å². The molecular formula is C19H19N3O2S2. The Morgan fingerprint density at radius 1 is 1.12 bits per heavy atom. The molecular weight excluding hydrogens is 366 g/mol. The summed E-state index contributed by atoms with van der Waals surface area (Å²) >= 11 is 2.75. The van der Waals surface area contributed by atoms with Crippen LogP contribution in [0.2, 0.25) is 0 Å². The van der Waals surface area contributed by atoms with E-state index in [9.17, 15) is 9.59 Å². The zero-order chi connectivity index (χ0) is 18.5. The Bertz CT molecular complexity index is 917. The summed E-state index contributed by atoms with van der Waals surface area (Å²) < 4.78 is 0. The average molecular weight is 386 g/mol. The van der Waals surface area contributed by atoms with E-state index in [-0.39, 0.29) is 11.8 Å². The summed E-state index contributed by atoms with van der Waals surface area (Å²) in [5.41, 5.74) is 3.79. The zero-order valence-corrected chi connectivity index (χ0v) is 16.2. The fourth-order valence-corrected chi connectivity index (χ4v) is 3.73. The number of nitrogens with one attached hydrogen (secondary N) is 2. The Balaban J connectivity index is 1.52. The Morgan fingerprint density at radius 2 is 1.96 bits per heavy atom. The number of anilines is 2. The summed E-state index contributed by atoms with van der Waals surface area (Å²) in [6, 6.07) is 9.59. The van der Waals surface area contributed by atoms with Crippen LogP contribution in [0.3, 0.4) is 0 Å². The lowest BCUT2D eigenvalue weighted by molar-refractivity contribution is -0.116. The van der Waals surface area contributed by atoms with Gasteiger partial charge in [0.1, 0.15) is 0 Å². The van der Waals surface area contributed by atoms with E-state index in [1.165, 1.54) is 22.7 Å². The van der Waals surface area contributed by atoms with E-state index < -0.39 is 0 Å². The van der Waals surface area contributed by atoms with E-state index >= 15 is 0 Å². The molecule has 0 saturated carbocycles. The highest BCUT2D eigenvalue weighted by Gasteiger charge is 2.11. The largest absolute Gasteiger partial charge is 0.326 e. The van der Waals surface area contributed by atoms with Gasteiger partial charge >= 0.3 is 0 Å². The molecule has 7 heteroatoms. The molecule has 0 aliphatic heterocycles. The first-order valence-electron chi connectivity index (χ1n) is 8.17. The van der Waals surface area contributed by atoms with Crippen LogP contribution in [-0.4, -0.2) is 16.8 Å². The molecule has 2 amide bonds. The standard InChI is InChI=1S/C19H19N3O2S2/c1-12-5-6-13(2)15(10-12)21-17(23)8-7-14-11-26-19(20-14)22-18(24)16-4-3-9-25-16/h3-6,9-11H,7-8H2,1-2H3,(H,21,23)(H,20,22,24). The minimum absolute atomic E-state index is 0.0455. The number of aryl methyl sites for hydroxylation is 3. The monoisotopic (exact) mass is 385 g/mol. The van der Waals surface area contributed by atoms with Gasteiger partial charge in [-0.2, -0.15) is 0 Å². The van der Waals surface area contributed by atoms with Crippen LogP contribution >= 0.6 is 22.7 Å². The number of amides is 2. The third-order valence-corrected chi connectivity index (χ3v) is 5.47. The van der Waals surface area contributed by atoms with Crippen molar-refractivity contribution in [3.05, 3.63) is 62.8 Å². The molecule has 3 rings (SSSR count). The van der Waals surface area contributed by atoms with Crippen LogP contribution < -0.4 is 10.6 Å². The molecule has 0 atom stereocenters. The summed E-state index contributed by atoms with van der Waals surface area (Å²) in [6.07, 6.45) is 0.873. The molecule has 0 aliphatic carbocycles. The minimum Gasteiger partial charge on any atom is -0.326 e. The predicted octanol–water partition coefficient (Wildman–Crippen LogP) is 4.65. The minimum atomic E-state index is -0.159. The van der Waals surface area contributed by atoms with Gasteiger partial charge in [0.05, 0.1) is 10.6 Å². The molecule has 0 fully saturated rings. The normalized spacial score (nSPS) is 10.5. The van der Waals surface area contributed by atoms with Gasteiger partial charge in [-0.3, -0.25) is 14.9 Å². The highest BCUT2D eigenvalue weighted by molar-refractivity contribution is 7.14. The van der Waals surface area contributed by atoms with Gasteiger partial charge in [-0.1, -0.05) is 18.2 Å². The maximum atomic E-state index is 12.2. The fourth-order valence-electron chi connectivity index (χ4n) is 2.37. The third-order valence-electron chi connectivity index (χ3n) is 3.79. The molecule has 0 radical (unpaired) electrons. The molecule has 2 N–H and O–H groups in total. The van der Waals surface area contributed by atoms with Crippen LogP contribution in [0.5, 0.6) is 0 Å². The van der Waals surface area contributed by atoms with Gasteiger partial charge in [0.2, 0.25) is 5.91 Å². The van der Waals surface area contributed by atoms with Gasteiger partial charge in [0, 0.05) is 17.5 Å². The number of benzene rings is 1. The average Bonchev–Trinajstić information content (AvgIpc) is 3.28. The van der Waals surface area contributed by atoms with E-state index in [1.54, 1.807) is 6.07 Å². The SMILES string of the molecule is Cc1ccc(C)c(NC(=O)CCc2csc(NC(=O)c3cccs3)n2)c1. The maximum absolute atomic E-state index is 12.2. The number of rotatable bonds is 6. The lowest BCUT2D eigenvalue weighted by Gasteiger charge is -2.08. The second-order valence-corrected chi connectivity index (χ2v) is 7.75. The highest BCUT2D eigenvalue weighted by Crippen LogP contribution is 2.20. The van der Waals surface area contributed by atoms with E-state index in [0.29, 0.717) is 22.9 Å². The Labute approximate surface area is 160 Å². The molecule has 2 aromatic heterocycles. The molecule has 26 heavy (non-hydrogen) atoms. The van der Waals surface area contributed by atoms with Crippen molar-refractivity contribution in [2.24, 2.45) is 0 Å². The first-order chi connectivity index (χ1) is 12.5. The number of hydrogen-bond acceptors (Lipinski definition) is 5. The van der Waals surface area contributed by atoms with Crippen LogP contribution in [0.4, 0.5) is 10.8 Å². The van der Waals surface area contributed by atoms with Crippen molar-refractivity contribution in [3.8, 4) is 0 Å². The molecule has 134 valence electrons. The molecule has 0 unspecified atom stereocenters. The van der Waals surface area contributed by atoms with Crippen LogP contribution in [0.1, 0.15) is 32.9 Å². The lowest BCUT2D eigenvalue weighted by Crippen LogP contribution is -2.13. The van der Waals surface area contributed by atoms with Crippen molar-refractivity contribution in [1.29, 1.82) is 0 Å². The Morgan fingerprint density at radius 3 is 2.73 bits per heavy atom. The molecule has 0 aliphatic rings. The molecule has 1 aromatic carbocycles. The van der Waals surface area contributed by atoms with Gasteiger partial charge in [-0.05, 0) is 48.9 Å². The van der Waals surface area contributed by atoms with Crippen molar-refractivity contribution >= 4 is 45.3 Å². The summed E-state index contributed by atoms with van der Waals surface area (Å²) in [7, 11) is 0. The molecule has 0 saturated heterocycles. The fraction of sp³-hybridized carbons (Fsp3) is 0.211. The molecule has 2 heterocycles. The van der Waals surface area contributed by atoms with Crippen molar-refractivity contribution in [1.82, 2.24) is 4.98 Å². The van der Waals surface area contributed by atoms with Crippen molar-refractivity contribution in [2.75, 3.05) is 10.6 Å². The highest BCUT2D eigenvalue weighted by atomic mass is 32.1. The maximum Gasteiger partial charge on any atom is 0.267 e. The van der Waals surface area contributed by atoms with Crippen molar-refractivity contribution in [3.63, 3.8) is 0 Å². The second kappa shape index (κ2) is 8.25. The summed E-state index contributed by atoms with van der Waals surface area (Å²) in [5, 5.41) is 10.0. The second-order valence-electron chi connectivity index (χ2n) is 5.94. The summed E-state index contributed by atoms with van der Waals surface area (Å²) in [4.78, 5) is 29.2. The quantitative estimate of drug-likeness (QED) is 0.649. The Kier molecular flexibility index (Phi) is 5.80. The number of thiophene rings is 1. The third kappa shape index (κ3) is 4.77. The number of aromatic nitrogens is 1. The number of thiazole rings is 1. The number of carbonyl (C=O) groups excluding carboxylic acids is 2. The first-order valence-corrected chi connectivity index (χ1v) is 9.93. The van der Waals surface area contributed by atoms with Gasteiger partial charge in [0.15, 0.2) is 5.13 Å². The van der Waals surface area contributed by atoms with E-state index in [0.717, 1.165) is 22.5 Å². The van der Waals surface area contributed by atoms with Crippen LogP contribution in [0, 0.1) is 13.8 Å². The van der Waals surface area contributed by atoms with E-state index in [2.05, 4.69) is 15.6 Å². The van der Waals surface area contributed by atoms with Gasteiger partial charge in [-0.25, -0.2) is 4.98 Å². The van der Waals surface area contributed by atoms with Crippen molar-refractivity contribution in [2.45, 2.75) is 26.7 Å². The predicted molar refractivity (Wildman–Crippen MR) is 107 cm³/mol. The molecule has 0 spiro atoms. The number of carbonyl (C=O) groups is 2. The van der Waals surface area contributed by atoms with Crippen LogP contribution in [0.15, 0.2) is 41.1 Å². The van der Waals surface area contributed by atoms with Crippen LogP contribution in [0.25, 0.3) is 0 Å². The van der Waals surface area contributed by atoms with Gasteiger partial charge < -0.3 is 5.32 Å². The van der Waals surface area contributed by atoms with Crippen molar-refractivity contribution < 1.29 is 9.59 Å².